The lowest BCUT2D eigenvalue weighted by Crippen LogP contribution is -2.08. The van der Waals surface area contributed by atoms with E-state index < -0.39 is 5.97 Å². The van der Waals surface area contributed by atoms with Gasteiger partial charge in [0.15, 0.2) is 5.65 Å². The number of carboxylic acid groups (broad SMARTS) is 1. The molecule has 7 heteroatoms. The number of aryl methyl sites for hydroxylation is 1. The fourth-order valence-corrected chi connectivity index (χ4v) is 1.53. The van der Waals surface area contributed by atoms with E-state index in [4.69, 9.17) is 14.9 Å². The minimum absolute atomic E-state index is 0.0221. The number of aromatic nitrogens is 3. The van der Waals surface area contributed by atoms with Crippen molar-refractivity contribution in [3.8, 4) is 5.75 Å². The van der Waals surface area contributed by atoms with Gasteiger partial charge >= 0.3 is 5.97 Å². The average molecular weight is 237 g/mol. The van der Waals surface area contributed by atoms with Crippen LogP contribution in [0.4, 0.5) is 0 Å². The molecule has 2 N–H and O–H groups in total. The van der Waals surface area contributed by atoms with Crippen LogP contribution in [-0.2, 0) is 7.05 Å². The van der Waals surface area contributed by atoms with Crippen LogP contribution in [0.25, 0.3) is 11.0 Å². The Morgan fingerprint density at radius 1 is 1.53 bits per heavy atom. The Morgan fingerprint density at radius 3 is 2.94 bits per heavy atom. The number of hydrogen-bond acceptors (Lipinski definition) is 5. The number of rotatable bonds is 4. The Kier molecular flexibility index (Phi) is 2.92. The molecule has 0 aliphatic heterocycles. The normalized spacial score (nSPS) is 10.7. The molecule has 0 aliphatic rings. The number of aromatic carboxylic acids is 1. The van der Waals surface area contributed by atoms with Crippen molar-refractivity contribution in [2.45, 2.75) is 0 Å². The minimum atomic E-state index is -1.13. The van der Waals surface area contributed by atoms with Crippen LogP contribution >= 0.6 is 0 Å². The highest BCUT2D eigenvalue weighted by molar-refractivity contribution is 5.97. The van der Waals surface area contributed by atoms with Gasteiger partial charge in [-0.3, -0.25) is 4.68 Å². The summed E-state index contributed by atoms with van der Waals surface area (Å²) in [6.07, 6.45) is 2.71. The Balaban J connectivity index is 2.62. The monoisotopic (exact) mass is 237 g/mol. The summed E-state index contributed by atoms with van der Waals surface area (Å²) in [5, 5.41) is 22.2. The van der Waals surface area contributed by atoms with Gasteiger partial charge in [-0.15, -0.1) is 0 Å². The van der Waals surface area contributed by atoms with E-state index in [1.54, 1.807) is 7.05 Å². The number of carbonyl (C=O) groups is 1. The van der Waals surface area contributed by atoms with Gasteiger partial charge in [-0.1, -0.05) is 0 Å². The molecule has 90 valence electrons. The summed E-state index contributed by atoms with van der Waals surface area (Å²) < 4.78 is 6.77. The first-order valence-electron chi connectivity index (χ1n) is 4.92. The van der Waals surface area contributed by atoms with E-state index in [9.17, 15) is 4.79 Å². The van der Waals surface area contributed by atoms with Gasteiger partial charge in [0.05, 0.1) is 18.2 Å². The predicted octanol–water partition coefficient (Wildman–Crippen LogP) is 0.0376. The molecule has 17 heavy (non-hydrogen) atoms. The van der Waals surface area contributed by atoms with Crippen molar-refractivity contribution in [2.75, 3.05) is 13.2 Å². The lowest BCUT2D eigenvalue weighted by atomic mass is 10.2. The van der Waals surface area contributed by atoms with E-state index in [1.165, 1.54) is 17.1 Å². The lowest BCUT2D eigenvalue weighted by Gasteiger charge is -2.08. The van der Waals surface area contributed by atoms with Crippen LogP contribution in [-0.4, -0.2) is 44.2 Å². The summed E-state index contributed by atoms with van der Waals surface area (Å²) in [4.78, 5) is 15.0. The first kappa shape index (κ1) is 11.3. The number of carboxylic acids is 1. The molecule has 2 rings (SSSR count). The molecule has 0 saturated heterocycles. The SMILES string of the molecule is Cn1ncc2c(OCCO)c(C(=O)O)cnc21. The second kappa shape index (κ2) is 4.38. The number of nitrogens with zero attached hydrogens (tertiary/aromatic N) is 3. The summed E-state index contributed by atoms with van der Waals surface area (Å²) in [5.41, 5.74) is 0.488. The van der Waals surface area contributed by atoms with Gasteiger partial charge in [0, 0.05) is 13.2 Å². The van der Waals surface area contributed by atoms with E-state index in [2.05, 4.69) is 10.1 Å². The van der Waals surface area contributed by atoms with Gasteiger partial charge in [0.25, 0.3) is 0 Å². The largest absolute Gasteiger partial charge is 0.489 e. The van der Waals surface area contributed by atoms with E-state index in [0.717, 1.165) is 0 Å². The summed E-state index contributed by atoms with van der Waals surface area (Å²) in [6.45, 7) is -0.169. The maximum Gasteiger partial charge on any atom is 0.341 e. The molecule has 0 unspecified atom stereocenters. The molecule has 0 atom stereocenters. The Bertz CT molecular complexity index is 564. The van der Waals surface area contributed by atoms with E-state index in [1.807, 2.05) is 0 Å². The predicted molar refractivity (Wildman–Crippen MR) is 58.0 cm³/mol. The van der Waals surface area contributed by atoms with Crippen molar-refractivity contribution < 1.29 is 19.7 Å². The van der Waals surface area contributed by atoms with Crippen LogP contribution in [0.15, 0.2) is 12.4 Å². The summed E-state index contributed by atoms with van der Waals surface area (Å²) in [6, 6.07) is 0. The molecule has 0 saturated carbocycles. The van der Waals surface area contributed by atoms with Crippen LogP contribution in [0.5, 0.6) is 5.75 Å². The standard InChI is InChI=1S/C10H11N3O4/c1-13-9-6(5-12-13)8(17-3-2-14)7(4-11-9)10(15)16/h4-5,14H,2-3H2,1H3,(H,15,16). The molecular formula is C10H11N3O4. The van der Waals surface area contributed by atoms with Gasteiger partial charge in [0.2, 0.25) is 0 Å². The van der Waals surface area contributed by atoms with E-state index >= 15 is 0 Å². The third-order valence-electron chi connectivity index (χ3n) is 2.28. The Morgan fingerprint density at radius 2 is 2.29 bits per heavy atom. The number of aliphatic hydroxyl groups is 1. The first-order valence-corrected chi connectivity index (χ1v) is 4.92. The number of aliphatic hydroxyl groups excluding tert-OH is 1. The molecule has 7 nitrogen and oxygen atoms in total. The van der Waals surface area contributed by atoms with Crippen LogP contribution in [0.3, 0.4) is 0 Å². The smallest absolute Gasteiger partial charge is 0.341 e. The maximum atomic E-state index is 11.0. The molecule has 2 heterocycles. The van der Waals surface area contributed by atoms with Crippen LogP contribution < -0.4 is 4.74 Å². The van der Waals surface area contributed by atoms with Gasteiger partial charge < -0.3 is 14.9 Å². The number of ether oxygens (including phenoxy) is 1. The quantitative estimate of drug-likeness (QED) is 0.779. The first-order chi connectivity index (χ1) is 8.15. The zero-order valence-electron chi connectivity index (χ0n) is 9.12. The highest BCUT2D eigenvalue weighted by atomic mass is 16.5. The molecular weight excluding hydrogens is 226 g/mol. The fraction of sp³-hybridized carbons (Fsp3) is 0.300. The molecule has 0 spiro atoms. The van der Waals surface area contributed by atoms with Crippen molar-refractivity contribution in [3.63, 3.8) is 0 Å². The molecule has 2 aromatic rings. The van der Waals surface area contributed by atoms with Gasteiger partial charge in [-0.25, -0.2) is 9.78 Å². The zero-order chi connectivity index (χ0) is 12.4. The van der Waals surface area contributed by atoms with Crippen LogP contribution in [0.1, 0.15) is 10.4 Å². The maximum absolute atomic E-state index is 11.0. The lowest BCUT2D eigenvalue weighted by molar-refractivity contribution is 0.0690. The van der Waals surface area contributed by atoms with Crippen LogP contribution in [0.2, 0.25) is 0 Å². The average Bonchev–Trinajstić information content (AvgIpc) is 2.68. The molecule has 0 aromatic carbocycles. The topological polar surface area (TPSA) is 97.5 Å². The summed E-state index contributed by atoms with van der Waals surface area (Å²) in [5.74, 6) is -0.944. The van der Waals surface area contributed by atoms with Gasteiger partial charge in [0.1, 0.15) is 17.9 Å². The third kappa shape index (κ3) is 1.92. The summed E-state index contributed by atoms with van der Waals surface area (Å²) in [7, 11) is 1.70. The highest BCUT2D eigenvalue weighted by Crippen LogP contribution is 2.27. The Hall–Kier alpha value is -2.15. The highest BCUT2D eigenvalue weighted by Gasteiger charge is 2.17. The van der Waals surface area contributed by atoms with E-state index in [-0.39, 0.29) is 24.5 Å². The number of pyridine rings is 1. The fourth-order valence-electron chi connectivity index (χ4n) is 1.53. The van der Waals surface area contributed by atoms with Crippen molar-refractivity contribution in [1.29, 1.82) is 0 Å². The zero-order valence-corrected chi connectivity index (χ0v) is 9.12. The molecule has 0 amide bonds. The van der Waals surface area contributed by atoms with Crippen molar-refractivity contribution in [1.82, 2.24) is 14.8 Å². The molecule has 0 bridgehead atoms. The molecule has 0 radical (unpaired) electrons. The Labute approximate surface area is 96.3 Å². The van der Waals surface area contributed by atoms with Crippen LogP contribution in [0, 0.1) is 0 Å². The number of fused-ring (bicyclic) bond motifs is 1. The molecule has 2 aromatic heterocycles. The number of hydrogen-bond donors (Lipinski definition) is 2. The van der Waals surface area contributed by atoms with Crippen molar-refractivity contribution in [3.05, 3.63) is 18.0 Å². The minimum Gasteiger partial charge on any atom is -0.489 e. The van der Waals surface area contributed by atoms with Crippen molar-refractivity contribution in [2.24, 2.45) is 7.05 Å². The summed E-state index contributed by atoms with van der Waals surface area (Å²) >= 11 is 0. The van der Waals surface area contributed by atoms with Crippen molar-refractivity contribution >= 4 is 17.0 Å². The molecule has 0 aliphatic carbocycles. The molecule has 0 fully saturated rings. The second-order valence-electron chi connectivity index (χ2n) is 3.38. The second-order valence-corrected chi connectivity index (χ2v) is 3.38. The van der Waals surface area contributed by atoms with Gasteiger partial charge in [-0.2, -0.15) is 5.10 Å². The van der Waals surface area contributed by atoms with E-state index in [0.29, 0.717) is 11.0 Å². The third-order valence-corrected chi connectivity index (χ3v) is 2.28. The van der Waals surface area contributed by atoms with Gasteiger partial charge in [-0.05, 0) is 0 Å².